The lowest BCUT2D eigenvalue weighted by molar-refractivity contribution is 0.231. The summed E-state index contributed by atoms with van der Waals surface area (Å²) in [5.41, 5.74) is 0. The molecule has 0 aliphatic carbocycles. The first-order valence-corrected chi connectivity index (χ1v) is 4.50. The summed E-state index contributed by atoms with van der Waals surface area (Å²) in [5, 5.41) is 3.12. The normalized spacial score (nSPS) is 19.6. The van der Waals surface area contributed by atoms with E-state index in [1.807, 2.05) is 0 Å². The highest BCUT2D eigenvalue weighted by molar-refractivity contribution is 4.68. The van der Waals surface area contributed by atoms with Gasteiger partial charge in [-0.15, -0.1) is 0 Å². The summed E-state index contributed by atoms with van der Waals surface area (Å²) < 4.78 is 0. The van der Waals surface area contributed by atoms with Crippen molar-refractivity contribution < 1.29 is 0 Å². The standard InChI is InChI=1S/C9H18N2/c1-2-10-6-9-11-7-4-3-5-8-11/h2,10H,1,3-9H2. The minimum atomic E-state index is 1.05. The second kappa shape index (κ2) is 5.19. The average molecular weight is 154 g/mol. The minimum Gasteiger partial charge on any atom is -0.390 e. The highest BCUT2D eigenvalue weighted by Crippen LogP contribution is 2.06. The van der Waals surface area contributed by atoms with Crippen molar-refractivity contribution in [3.05, 3.63) is 12.8 Å². The molecule has 0 aromatic carbocycles. The Morgan fingerprint density at radius 3 is 2.64 bits per heavy atom. The van der Waals surface area contributed by atoms with Crippen LogP contribution in [0.15, 0.2) is 12.8 Å². The first-order valence-electron chi connectivity index (χ1n) is 4.50. The van der Waals surface area contributed by atoms with E-state index in [-0.39, 0.29) is 0 Å². The fourth-order valence-corrected chi connectivity index (χ4v) is 1.51. The maximum absolute atomic E-state index is 3.61. The van der Waals surface area contributed by atoms with Crippen LogP contribution in [0.25, 0.3) is 0 Å². The van der Waals surface area contributed by atoms with Gasteiger partial charge in [-0.2, -0.15) is 0 Å². The van der Waals surface area contributed by atoms with Crippen molar-refractivity contribution in [1.82, 2.24) is 10.2 Å². The fraction of sp³-hybridized carbons (Fsp3) is 0.778. The summed E-state index contributed by atoms with van der Waals surface area (Å²) in [6, 6.07) is 0. The number of likely N-dealkylation sites (tertiary alicyclic amines) is 1. The summed E-state index contributed by atoms with van der Waals surface area (Å²) in [5.74, 6) is 0. The fourth-order valence-electron chi connectivity index (χ4n) is 1.51. The van der Waals surface area contributed by atoms with E-state index < -0.39 is 0 Å². The van der Waals surface area contributed by atoms with Crippen LogP contribution in [-0.4, -0.2) is 31.1 Å². The van der Waals surface area contributed by atoms with Crippen LogP contribution in [0, 0.1) is 0 Å². The molecule has 0 unspecified atom stereocenters. The van der Waals surface area contributed by atoms with Gasteiger partial charge in [0.25, 0.3) is 0 Å². The van der Waals surface area contributed by atoms with Crippen molar-refractivity contribution in [3.8, 4) is 0 Å². The third-order valence-corrected chi connectivity index (χ3v) is 2.17. The van der Waals surface area contributed by atoms with Crippen LogP contribution in [-0.2, 0) is 0 Å². The van der Waals surface area contributed by atoms with Gasteiger partial charge in [-0.05, 0) is 32.1 Å². The Hall–Kier alpha value is -0.500. The van der Waals surface area contributed by atoms with Crippen LogP contribution in [0.3, 0.4) is 0 Å². The molecule has 1 rings (SSSR count). The lowest BCUT2D eigenvalue weighted by atomic mass is 10.1. The molecule has 0 aromatic heterocycles. The summed E-state index contributed by atoms with van der Waals surface area (Å²) >= 11 is 0. The van der Waals surface area contributed by atoms with Gasteiger partial charge in [0, 0.05) is 13.1 Å². The quantitative estimate of drug-likeness (QED) is 0.612. The molecule has 2 nitrogen and oxygen atoms in total. The molecule has 1 fully saturated rings. The van der Waals surface area contributed by atoms with E-state index in [2.05, 4.69) is 16.8 Å². The molecule has 0 spiro atoms. The zero-order chi connectivity index (χ0) is 7.94. The lowest BCUT2D eigenvalue weighted by Crippen LogP contribution is -2.34. The molecule has 0 atom stereocenters. The van der Waals surface area contributed by atoms with Gasteiger partial charge in [0.1, 0.15) is 0 Å². The second-order valence-corrected chi connectivity index (χ2v) is 3.06. The smallest absolute Gasteiger partial charge is 0.0269 e. The maximum Gasteiger partial charge on any atom is 0.0269 e. The van der Waals surface area contributed by atoms with Gasteiger partial charge >= 0.3 is 0 Å². The van der Waals surface area contributed by atoms with Crippen molar-refractivity contribution in [2.75, 3.05) is 26.2 Å². The summed E-state index contributed by atoms with van der Waals surface area (Å²) in [7, 11) is 0. The number of hydrogen-bond donors (Lipinski definition) is 1. The molecule has 0 aromatic rings. The molecule has 11 heavy (non-hydrogen) atoms. The third kappa shape index (κ3) is 3.42. The van der Waals surface area contributed by atoms with E-state index in [4.69, 9.17) is 0 Å². The van der Waals surface area contributed by atoms with E-state index in [1.54, 1.807) is 6.20 Å². The molecule has 0 amide bonds. The second-order valence-electron chi connectivity index (χ2n) is 3.06. The Kier molecular flexibility index (Phi) is 4.06. The van der Waals surface area contributed by atoms with Crippen LogP contribution in [0.1, 0.15) is 19.3 Å². The zero-order valence-corrected chi connectivity index (χ0v) is 7.18. The third-order valence-electron chi connectivity index (χ3n) is 2.17. The van der Waals surface area contributed by atoms with Crippen molar-refractivity contribution in [3.63, 3.8) is 0 Å². The molecule has 1 heterocycles. The Balaban J connectivity index is 2.00. The highest BCUT2D eigenvalue weighted by atomic mass is 15.1. The predicted molar refractivity (Wildman–Crippen MR) is 48.5 cm³/mol. The van der Waals surface area contributed by atoms with E-state index in [1.165, 1.54) is 38.9 Å². The Morgan fingerprint density at radius 1 is 1.27 bits per heavy atom. The monoisotopic (exact) mass is 154 g/mol. The summed E-state index contributed by atoms with van der Waals surface area (Å²) in [4.78, 5) is 2.51. The number of rotatable bonds is 4. The highest BCUT2D eigenvalue weighted by Gasteiger charge is 2.07. The summed E-state index contributed by atoms with van der Waals surface area (Å²) in [6.45, 7) is 8.41. The molecule has 0 saturated carbocycles. The van der Waals surface area contributed by atoms with Gasteiger partial charge < -0.3 is 10.2 Å². The average Bonchev–Trinajstić information content (AvgIpc) is 2.07. The Morgan fingerprint density at radius 2 is 2.00 bits per heavy atom. The van der Waals surface area contributed by atoms with Gasteiger partial charge in [-0.3, -0.25) is 0 Å². The SMILES string of the molecule is C=CNCCN1CCCCC1. The molecule has 1 aliphatic rings. The number of piperidine rings is 1. The Bertz CT molecular complexity index is 106. The van der Waals surface area contributed by atoms with Crippen molar-refractivity contribution in [2.45, 2.75) is 19.3 Å². The van der Waals surface area contributed by atoms with Crippen LogP contribution in [0.5, 0.6) is 0 Å². The molecule has 64 valence electrons. The van der Waals surface area contributed by atoms with Gasteiger partial charge in [-0.25, -0.2) is 0 Å². The van der Waals surface area contributed by atoms with E-state index in [0.717, 1.165) is 6.54 Å². The number of nitrogens with one attached hydrogen (secondary N) is 1. The van der Waals surface area contributed by atoms with Crippen LogP contribution < -0.4 is 5.32 Å². The first kappa shape index (κ1) is 8.60. The van der Waals surface area contributed by atoms with Crippen molar-refractivity contribution in [2.24, 2.45) is 0 Å². The molecule has 2 heteroatoms. The maximum atomic E-state index is 3.61. The van der Waals surface area contributed by atoms with Crippen molar-refractivity contribution >= 4 is 0 Å². The predicted octanol–water partition coefficient (Wildman–Crippen LogP) is 1.21. The van der Waals surface area contributed by atoms with E-state index in [9.17, 15) is 0 Å². The lowest BCUT2D eigenvalue weighted by Gasteiger charge is -2.26. The van der Waals surface area contributed by atoms with Crippen LogP contribution >= 0.6 is 0 Å². The molecular weight excluding hydrogens is 136 g/mol. The van der Waals surface area contributed by atoms with Gasteiger partial charge in [0.15, 0.2) is 0 Å². The number of hydrogen-bond acceptors (Lipinski definition) is 2. The van der Waals surface area contributed by atoms with Crippen LogP contribution in [0.4, 0.5) is 0 Å². The Labute approximate surface area is 69.3 Å². The first-order chi connectivity index (χ1) is 5.43. The van der Waals surface area contributed by atoms with Gasteiger partial charge in [-0.1, -0.05) is 13.0 Å². The van der Waals surface area contributed by atoms with E-state index in [0.29, 0.717) is 0 Å². The largest absolute Gasteiger partial charge is 0.390 e. The molecule has 0 radical (unpaired) electrons. The van der Waals surface area contributed by atoms with E-state index >= 15 is 0 Å². The molecule has 0 bridgehead atoms. The minimum absolute atomic E-state index is 1.05. The van der Waals surface area contributed by atoms with Crippen molar-refractivity contribution in [1.29, 1.82) is 0 Å². The summed E-state index contributed by atoms with van der Waals surface area (Å²) in [6.07, 6.45) is 5.96. The molecule has 1 aliphatic heterocycles. The number of nitrogens with zero attached hydrogens (tertiary/aromatic N) is 1. The topological polar surface area (TPSA) is 15.3 Å². The van der Waals surface area contributed by atoms with Gasteiger partial charge in [0.2, 0.25) is 0 Å². The molecule has 1 saturated heterocycles. The molecular formula is C9H18N2. The van der Waals surface area contributed by atoms with Crippen LogP contribution in [0.2, 0.25) is 0 Å². The molecule has 1 N–H and O–H groups in total. The van der Waals surface area contributed by atoms with Gasteiger partial charge in [0.05, 0.1) is 0 Å². The zero-order valence-electron chi connectivity index (χ0n) is 7.18.